The van der Waals surface area contributed by atoms with E-state index in [1.165, 1.54) is 20.3 Å². The topological polar surface area (TPSA) is 52.6 Å². The van der Waals surface area contributed by atoms with E-state index < -0.39 is 12.1 Å². The highest BCUT2D eigenvalue weighted by Crippen LogP contribution is 2.37. The second kappa shape index (κ2) is 3.62. The van der Waals surface area contributed by atoms with Gasteiger partial charge in [-0.3, -0.25) is 4.79 Å². The summed E-state index contributed by atoms with van der Waals surface area (Å²) >= 11 is 0. The van der Waals surface area contributed by atoms with Crippen LogP contribution in [-0.2, 0) is 19.1 Å². The van der Waals surface area contributed by atoms with E-state index in [1.54, 1.807) is 0 Å². The minimum Gasteiger partial charge on any atom is -0.432 e. The summed E-state index contributed by atoms with van der Waals surface area (Å²) in [5, 5.41) is 0. The number of cyclic esters (lactones) is 1. The molecule has 0 saturated heterocycles. The fraction of sp³-hybridized carbons (Fsp3) is 0.455. The smallest absolute Gasteiger partial charge is 0.344 e. The lowest BCUT2D eigenvalue weighted by Gasteiger charge is -2.21. The number of hydrogen-bond donors (Lipinski definition) is 0. The number of ether oxygens (including phenoxy) is 2. The molecule has 1 atom stereocenters. The third-order valence-electron chi connectivity index (χ3n) is 2.77. The zero-order valence-electron chi connectivity index (χ0n) is 8.70. The minimum atomic E-state index is -0.730. The molecule has 0 radical (unpaired) electrons. The first kappa shape index (κ1) is 10.1. The van der Waals surface area contributed by atoms with Crippen LogP contribution in [0.3, 0.4) is 0 Å². The van der Waals surface area contributed by atoms with Crippen LogP contribution in [0.25, 0.3) is 0 Å². The number of Topliss-reactive ketones (excluding diaryl/α,β-unsaturated/α-hetero) is 1. The molecule has 4 heteroatoms. The van der Waals surface area contributed by atoms with Gasteiger partial charge in [0.2, 0.25) is 0 Å². The number of carbonyl (C=O) groups is 2. The van der Waals surface area contributed by atoms with Gasteiger partial charge in [-0.2, -0.15) is 0 Å². The standard InChI is InChI=1S/C11H12O4/c1-6(12)8-4-3-7-5-15-11(13)10(14-2)9(7)8/h5,10H,3-4H2,1-2H3. The number of ketones is 1. The van der Waals surface area contributed by atoms with E-state index in [1.807, 2.05) is 0 Å². The number of carbonyl (C=O) groups excluding carboxylic acids is 2. The van der Waals surface area contributed by atoms with Gasteiger partial charge in [-0.25, -0.2) is 4.79 Å². The van der Waals surface area contributed by atoms with Gasteiger partial charge in [0.25, 0.3) is 0 Å². The summed E-state index contributed by atoms with van der Waals surface area (Å²) in [5.41, 5.74) is 2.33. The van der Waals surface area contributed by atoms with Gasteiger partial charge < -0.3 is 9.47 Å². The van der Waals surface area contributed by atoms with Gasteiger partial charge in [0, 0.05) is 18.3 Å². The van der Waals surface area contributed by atoms with Crippen LogP contribution in [0.2, 0.25) is 0 Å². The quantitative estimate of drug-likeness (QED) is 0.638. The van der Waals surface area contributed by atoms with Crippen molar-refractivity contribution in [2.45, 2.75) is 25.9 Å². The Hall–Kier alpha value is -1.42. The molecule has 0 saturated carbocycles. The van der Waals surface area contributed by atoms with E-state index in [0.717, 1.165) is 17.6 Å². The van der Waals surface area contributed by atoms with Crippen molar-refractivity contribution in [1.29, 1.82) is 0 Å². The van der Waals surface area contributed by atoms with Crippen molar-refractivity contribution in [1.82, 2.24) is 0 Å². The number of rotatable bonds is 2. The lowest BCUT2D eigenvalue weighted by molar-refractivity contribution is -0.148. The van der Waals surface area contributed by atoms with Gasteiger partial charge in [0.05, 0.1) is 6.26 Å². The Morgan fingerprint density at radius 1 is 1.53 bits per heavy atom. The molecule has 4 nitrogen and oxygen atoms in total. The van der Waals surface area contributed by atoms with Gasteiger partial charge in [-0.1, -0.05) is 0 Å². The highest BCUT2D eigenvalue weighted by molar-refractivity contribution is 5.98. The van der Waals surface area contributed by atoms with Gasteiger partial charge >= 0.3 is 5.97 Å². The molecule has 2 rings (SSSR count). The lowest BCUT2D eigenvalue weighted by Crippen LogP contribution is -2.30. The molecular formula is C11H12O4. The first-order valence-corrected chi connectivity index (χ1v) is 4.82. The van der Waals surface area contributed by atoms with E-state index in [-0.39, 0.29) is 5.78 Å². The number of fused-ring (bicyclic) bond motifs is 1. The zero-order chi connectivity index (χ0) is 11.0. The molecule has 0 amide bonds. The third-order valence-corrected chi connectivity index (χ3v) is 2.77. The van der Waals surface area contributed by atoms with Crippen LogP contribution < -0.4 is 0 Å². The second-order valence-corrected chi connectivity index (χ2v) is 3.64. The van der Waals surface area contributed by atoms with Crippen LogP contribution in [-0.4, -0.2) is 25.0 Å². The second-order valence-electron chi connectivity index (χ2n) is 3.64. The van der Waals surface area contributed by atoms with E-state index in [9.17, 15) is 9.59 Å². The molecule has 1 unspecified atom stereocenters. The highest BCUT2D eigenvalue weighted by Gasteiger charge is 2.37. The van der Waals surface area contributed by atoms with Crippen LogP contribution in [0.5, 0.6) is 0 Å². The Bertz CT molecular complexity index is 389. The predicted octanol–water partition coefficient (Wildman–Crippen LogP) is 1.12. The van der Waals surface area contributed by atoms with Gasteiger partial charge in [0.1, 0.15) is 0 Å². The molecular weight excluding hydrogens is 196 g/mol. The molecule has 1 heterocycles. The molecule has 0 spiro atoms. The van der Waals surface area contributed by atoms with Gasteiger partial charge in [-0.15, -0.1) is 0 Å². The largest absolute Gasteiger partial charge is 0.432 e. The van der Waals surface area contributed by atoms with Crippen LogP contribution in [0, 0.1) is 0 Å². The van der Waals surface area contributed by atoms with Gasteiger partial charge in [0.15, 0.2) is 11.9 Å². The highest BCUT2D eigenvalue weighted by atomic mass is 16.6. The molecule has 1 aliphatic carbocycles. The molecule has 0 N–H and O–H groups in total. The van der Waals surface area contributed by atoms with Crippen molar-refractivity contribution in [3.05, 3.63) is 23.0 Å². The van der Waals surface area contributed by atoms with Crippen molar-refractivity contribution in [2.75, 3.05) is 7.11 Å². The van der Waals surface area contributed by atoms with Crippen molar-refractivity contribution < 1.29 is 19.1 Å². The Kier molecular flexibility index (Phi) is 2.44. The molecule has 80 valence electrons. The Labute approximate surface area is 87.5 Å². The van der Waals surface area contributed by atoms with Crippen molar-refractivity contribution in [3.8, 4) is 0 Å². The maximum Gasteiger partial charge on any atom is 0.344 e. The monoisotopic (exact) mass is 208 g/mol. The average molecular weight is 208 g/mol. The molecule has 2 aliphatic rings. The van der Waals surface area contributed by atoms with E-state index >= 15 is 0 Å². The Morgan fingerprint density at radius 2 is 2.27 bits per heavy atom. The summed E-state index contributed by atoms with van der Waals surface area (Å²) in [7, 11) is 1.44. The molecule has 0 aromatic heterocycles. The summed E-state index contributed by atoms with van der Waals surface area (Å²) in [4.78, 5) is 22.8. The summed E-state index contributed by atoms with van der Waals surface area (Å²) < 4.78 is 9.92. The van der Waals surface area contributed by atoms with Crippen LogP contribution >= 0.6 is 0 Å². The maximum absolute atomic E-state index is 11.4. The normalized spacial score (nSPS) is 24.8. The first-order valence-electron chi connectivity index (χ1n) is 4.82. The number of methoxy groups -OCH3 is 1. The summed E-state index contributed by atoms with van der Waals surface area (Å²) in [5.74, 6) is -0.443. The summed E-state index contributed by atoms with van der Waals surface area (Å²) in [6.45, 7) is 1.51. The molecule has 15 heavy (non-hydrogen) atoms. The zero-order valence-corrected chi connectivity index (χ0v) is 8.70. The minimum absolute atomic E-state index is 0.00477. The molecule has 0 aromatic rings. The first-order chi connectivity index (χ1) is 7.15. The summed E-state index contributed by atoms with van der Waals surface area (Å²) in [6, 6.07) is 0. The van der Waals surface area contributed by atoms with Gasteiger partial charge in [-0.05, 0) is 25.3 Å². The number of esters is 1. The number of hydrogen-bond acceptors (Lipinski definition) is 4. The molecule has 0 fully saturated rings. The fourth-order valence-corrected chi connectivity index (χ4v) is 2.06. The average Bonchev–Trinajstić information content (AvgIpc) is 2.61. The van der Waals surface area contributed by atoms with E-state index in [0.29, 0.717) is 12.0 Å². The predicted molar refractivity (Wildman–Crippen MR) is 51.9 cm³/mol. The van der Waals surface area contributed by atoms with Crippen molar-refractivity contribution in [3.63, 3.8) is 0 Å². The Morgan fingerprint density at radius 3 is 2.87 bits per heavy atom. The van der Waals surface area contributed by atoms with Crippen LogP contribution in [0.1, 0.15) is 19.8 Å². The van der Waals surface area contributed by atoms with Crippen molar-refractivity contribution in [2.24, 2.45) is 0 Å². The van der Waals surface area contributed by atoms with E-state index in [4.69, 9.17) is 9.47 Å². The molecule has 0 bridgehead atoms. The summed E-state index contributed by atoms with van der Waals surface area (Å²) in [6.07, 6.45) is 2.12. The molecule has 0 aromatic carbocycles. The van der Waals surface area contributed by atoms with Crippen LogP contribution in [0.4, 0.5) is 0 Å². The fourth-order valence-electron chi connectivity index (χ4n) is 2.06. The van der Waals surface area contributed by atoms with E-state index in [2.05, 4.69) is 0 Å². The Balaban J connectivity index is 2.50. The van der Waals surface area contributed by atoms with Crippen LogP contribution in [0.15, 0.2) is 23.0 Å². The number of allylic oxidation sites excluding steroid dienone is 1. The maximum atomic E-state index is 11.4. The molecule has 1 aliphatic heterocycles. The van der Waals surface area contributed by atoms with Crippen molar-refractivity contribution >= 4 is 11.8 Å². The lowest BCUT2D eigenvalue weighted by atomic mass is 9.99. The third kappa shape index (κ3) is 1.51. The SMILES string of the molecule is COC1C(=O)OC=C2CCC(C(C)=O)=C21.